The summed E-state index contributed by atoms with van der Waals surface area (Å²) >= 11 is 0. The molecular weight excluding hydrogens is 192 g/mol. The Labute approximate surface area is 90.3 Å². The lowest BCUT2D eigenvalue weighted by Crippen LogP contribution is -1.97. The van der Waals surface area contributed by atoms with Crippen LogP contribution >= 0.6 is 0 Å². The number of hydrogen-bond donors (Lipinski definition) is 2. The fourth-order valence-electron chi connectivity index (χ4n) is 1.37. The van der Waals surface area contributed by atoms with Gasteiger partial charge in [0.1, 0.15) is 0 Å². The van der Waals surface area contributed by atoms with E-state index < -0.39 is 0 Å². The predicted octanol–water partition coefficient (Wildman–Crippen LogP) is 3.01. The van der Waals surface area contributed by atoms with Gasteiger partial charge in [0.25, 0.3) is 0 Å². The van der Waals surface area contributed by atoms with Crippen molar-refractivity contribution in [3.8, 4) is 17.2 Å². The Morgan fingerprint density at radius 3 is 2.40 bits per heavy atom. The number of phenols is 2. The molecule has 0 heterocycles. The van der Waals surface area contributed by atoms with Gasteiger partial charge in [-0.3, -0.25) is 0 Å². The highest BCUT2D eigenvalue weighted by atomic mass is 16.5. The van der Waals surface area contributed by atoms with Gasteiger partial charge in [0.05, 0.1) is 6.61 Å². The molecule has 0 saturated heterocycles. The van der Waals surface area contributed by atoms with E-state index in [1.807, 2.05) is 20.8 Å². The van der Waals surface area contributed by atoms with E-state index >= 15 is 0 Å². The van der Waals surface area contributed by atoms with E-state index in [1.54, 1.807) is 12.1 Å². The van der Waals surface area contributed by atoms with Crippen molar-refractivity contribution in [2.24, 2.45) is 0 Å². The van der Waals surface area contributed by atoms with Crippen molar-refractivity contribution in [3.05, 3.63) is 17.7 Å². The maximum Gasteiger partial charge on any atom is 0.200 e. The first-order valence-corrected chi connectivity index (χ1v) is 5.25. The molecule has 0 aliphatic rings. The number of ether oxygens (including phenoxy) is 1. The molecule has 0 bridgehead atoms. The van der Waals surface area contributed by atoms with Crippen LogP contribution in [0.25, 0.3) is 0 Å². The Bertz CT molecular complexity index is 332. The van der Waals surface area contributed by atoms with Gasteiger partial charge in [-0.2, -0.15) is 0 Å². The Hall–Kier alpha value is -1.38. The molecule has 0 fully saturated rings. The topological polar surface area (TPSA) is 49.7 Å². The zero-order valence-corrected chi connectivity index (χ0v) is 9.45. The molecule has 0 unspecified atom stereocenters. The van der Waals surface area contributed by atoms with Gasteiger partial charge in [-0.15, -0.1) is 0 Å². The molecule has 0 amide bonds. The third kappa shape index (κ3) is 2.55. The highest BCUT2D eigenvalue weighted by Crippen LogP contribution is 2.40. The smallest absolute Gasteiger partial charge is 0.200 e. The van der Waals surface area contributed by atoms with Crippen molar-refractivity contribution in [1.82, 2.24) is 0 Å². The summed E-state index contributed by atoms with van der Waals surface area (Å²) in [5, 5.41) is 19.4. The van der Waals surface area contributed by atoms with Gasteiger partial charge < -0.3 is 14.9 Å². The molecule has 3 heteroatoms. The quantitative estimate of drug-likeness (QED) is 0.751. The summed E-state index contributed by atoms with van der Waals surface area (Å²) in [6.07, 6.45) is 0.867. The first-order valence-electron chi connectivity index (χ1n) is 5.25. The van der Waals surface area contributed by atoms with Crippen molar-refractivity contribution in [2.75, 3.05) is 6.61 Å². The van der Waals surface area contributed by atoms with Gasteiger partial charge in [-0.25, -0.2) is 0 Å². The number of rotatable bonds is 4. The van der Waals surface area contributed by atoms with Crippen LogP contribution < -0.4 is 4.74 Å². The SMILES string of the molecule is CCCOc1ccc(C(C)C)c(O)c1O. The lowest BCUT2D eigenvalue weighted by Gasteiger charge is -2.13. The van der Waals surface area contributed by atoms with E-state index in [1.165, 1.54) is 0 Å². The minimum absolute atomic E-state index is 0.0707. The molecule has 3 nitrogen and oxygen atoms in total. The third-order valence-corrected chi connectivity index (χ3v) is 2.23. The van der Waals surface area contributed by atoms with E-state index in [0.29, 0.717) is 12.4 Å². The number of benzene rings is 1. The van der Waals surface area contributed by atoms with Crippen LogP contribution in [0.3, 0.4) is 0 Å². The molecule has 0 atom stereocenters. The summed E-state index contributed by atoms with van der Waals surface area (Å²) < 4.78 is 5.29. The first kappa shape index (κ1) is 11.7. The van der Waals surface area contributed by atoms with Gasteiger partial charge in [0, 0.05) is 5.56 Å². The van der Waals surface area contributed by atoms with Gasteiger partial charge in [0.2, 0.25) is 5.75 Å². The third-order valence-electron chi connectivity index (χ3n) is 2.23. The second-order valence-corrected chi connectivity index (χ2v) is 3.85. The maximum absolute atomic E-state index is 9.72. The summed E-state index contributed by atoms with van der Waals surface area (Å²) in [6.45, 7) is 6.44. The van der Waals surface area contributed by atoms with Crippen molar-refractivity contribution in [1.29, 1.82) is 0 Å². The van der Waals surface area contributed by atoms with Crippen LogP contribution in [0.15, 0.2) is 12.1 Å². The Kier molecular flexibility index (Phi) is 3.83. The Morgan fingerprint density at radius 2 is 1.87 bits per heavy atom. The minimum Gasteiger partial charge on any atom is -0.504 e. The monoisotopic (exact) mass is 210 g/mol. The zero-order chi connectivity index (χ0) is 11.4. The van der Waals surface area contributed by atoms with Gasteiger partial charge >= 0.3 is 0 Å². The summed E-state index contributed by atoms with van der Waals surface area (Å²) in [4.78, 5) is 0. The van der Waals surface area contributed by atoms with Gasteiger partial charge in [-0.1, -0.05) is 26.8 Å². The van der Waals surface area contributed by atoms with Crippen molar-refractivity contribution in [3.63, 3.8) is 0 Å². The summed E-state index contributed by atoms with van der Waals surface area (Å²) in [6, 6.07) is 3.48. The number of hydrogen-bond acceptors (Lipinski definition) is 3. The van der Waals surface area contributed by atoms with Crippen LogP contribution in [0.5, 0.6) is 17.2 Å². The Balaban J connectivity index is 2.99. The molecule has 0 spiro atoms. The lowest BCUT2D eigenvalue weighted by molar-refractivity contribution is 0.291. The van der Waals surface area contributed by atoms with Gasteiger partial charge in [0.15, 0.2) is 11.5 Å². The zero-order valence-electron chi connectivity index (χ0n) is 9.45. The van der Waals surface area contributed by atoms with Crippen LogP contribution in [-0.2, 0) is 0 Å². The molecule has 1 aromatic rings. The van der Waals surface area contributed by atoms with Crippen LogP contribution in [-0.4, -0.2) is 16.8 Å². The van der Waals surface area contributed by atoms with Crippen molar-refractivity contribution >= 4 is 0 Å². The highest BCUT2D eigenvalue weighted by Gasteiger charge is 2.14. The maximum atomic E-state index is 9.72. The van der Waals surface area contributed by atoms with E-state index in [0.717, 1.165) is 12.0 Å². The number of aromatic hydroxyl groups is 2. The molecule has 2 N–H and O–H groups in total. The van der Waals surface area contributed by atoms with Crippen LogP contribution in [0.2, 0.25) is 0 Å². The average Bonchev–Trinajstić information content (AvgIpc) is 2.20. The largest absolute Gasteiger partial charge is 0.504 e. The number of phenolic OH excluding ortho intramolecular Hbond substituents is 2. The van der Waals surface area contributed by atoms with Crippen molar-refractivity contribution in [2.45, 2.75) is 33.1 Å². The molecule has 0 radical (unpaired) electrons. The fourth-order valence-corrected chi connectivity index (χ4v) is 1.37. The van der Waals surface area contributed by atoms with E-state index in [4.69, 9.17) is 4.74 Å². The molecule has 1 rings (SSSR count). The summed E-state index contributed by atoms with van der Waals surface area (Å²) in [5.41, 5.74) is 0.733. The minimum atomic E-state index is -0.158. The first-order chi connectivity index (χ1) is 7.07. The molecule has 15 heavy (non-hydrogen) atoms. The predicted molar refractivity (Wildman–Crippen MR) is 59.6 cm³/mol. The van der Waals surface area contributed by atoms with Gasteiger partial charge in [-0.05, 0) is 18.4 Å². The van der Waals surface area contributed by atoms with E-state index in [9.17, 15) is 10.2 Å². The summed E-state index contributed by atoms with van der Waals surface area (Å²) in [7, 11) is 0. The van der Waals surface area contributed by atoms with Crippen LogP contribution in [0, 0.1) is 0 Å². The average molecular weight is 210 g/mol. The molecule has 84 valence electrons. The standard InChI is InChI=1S/C12H18O3/c1-4-7-15-10-6-5-9(8(2)3)11(13)12(10)14/h5-6,8,13-14H,4,7H2,1-3H3. The summed E-state index contributed by atoms with van der Waals surface area (Å²) in [5.74, 6) is 0.295. The second-order valence-electron chi connectivity index (χ2n) is 3.85. The van der Waals surface area contributed by atoms with Crippen molar-refractivity contribution < 1.29 is 14.9 Å². The Morgan fingerprint density at radius 1 is 1.20 bits per heavy atom. The molecular formula is C12H18O3. The van der Waals surface area contributed by atoms with E-state index in [-0.39, 0.29) is 17.4 Å². The highest BCUT2D eigenvalue weighted by molar-refractivity contribution is 5.54. The normalized spacial score (nSPS) is 10.7. The van der Waals surface area contributed by atoms with Crippen LogP contribution in [0.1, 0.15) is 38.7 Å². The lowest BCUT2D eigenvalue weighted by atomic mass is 10.0. The molecule has 0 saturated carbocycles. The molecule has 0 aliphatic carbocycles. The molecule has 0 aliphatic heterocycles. The molecule has 0 aromatic heterocycles. The second kappa shape index (κ2) is 4.91. The fraction of sp³-hybridized carbons (Fsp3) is 0.500. The van der Waals surface area contributed by atoms with Crippen LogP contribution in [0.4, 0.5) is 0 Å². The van der Waals surface area contributed by atoms with E-state index in [2.05, 4.69) is 0 Å². The molecule has 1 aromatic carbocycles.